The molecule has 0 aliphatic heterocycles. The quantitative estimate of drug-likeness (QED) is 0.614. The second-order valence-electron chi connectivity index (χ2n) is 5.02. The van der Waals surface area contributed by atoms with Gasteiger partial charge in [0.25, 0.3) is 10.0 Å². The SMILES string of the molecule is COc1nc(NS(=O)(=O)c2csc3nc(Cl)ccc23)ncc1CC(F)F. The van der Waals surface area contributed by atoms with Crippen LogP contribution in [-0.4, -0.2) is 36.9 Å². The molecule has 0 unspecified atom stereocenters. The first-order chi connectivity index (χ1) is 12.3. The lowest BCUT2D eigenvalue weighted by Gasteiger charge is -2.10. The Kier molecular flexibility index (Phi) is 5.21. The van der Waals surface area contributed by atoms with Crippen molar-refractivity contribution in [2.45, 2.75) is 17.7 Å². The van der Waals surface area contributed by atoms with Crippen molar-refractivity contribution in [1.82, 2.24) is 15.0 Å². The fraction of sp³-hybridized carbons (Fsp3) is 0.214. The molecule has 12 heteroatoms. The molecular formula is C14H11ClF2N4O3S2. The summed E-state index contributed by atoms with van der Waals surface area (Å²) in [6, 6.07) is 3.02. The van der Waals surface area contributed by atoms with Gasteiger partial charge in [-0.25, -0.2) is 31.9 Å². The first-order valence-corrected chi connectivity index (χ1v) is 9.79. The van der Waals surface area contributed by atoms with Gasteiger partial charge < -0.3 is 4.74 Å². The summed E-state index contributed by atoms with van der Waals surface area (Å²) in [5.41, 5.74) is 0.0743. The minimum atomic E-state index is -4.02. The van der Waals surface area contributed by atoms with Gasteiger partial charge in [-0.15, -0.1) is 11.3 Å². The average Bonchev–Trinajstić information content (AvgIpc) is 2.99. The number of hydrogen-bond acceptors (Lipinski definition) is 7. The van der Waals surface area contributed by atoms with Gasteiger partial charge in [0.15, 0.2) is 0 Å². The number of anilines is 1. The van der Waals surface area contributed by atoms with Crippen molar-refractivity contribution in [3.05, 3.63) is 34.4 Å². The molecule has 0 spiro atoms. The molecule has 7 nitrogen and oxygen atoms in total. The zero-order valence-electron chi connectivity index (χ0n) is 13.1. The lowest BCUT2D eigenvalue weighted by molar-refractivity contribution is 0.147. The van der Waals surface area contributed by atoms with Gasteiger partial charge >= 0.3 is 0 Å². The maximum absolute atomic E-state index is 12.6. The first-order valence-electron chi connectivity index (χ1n) is 7.05. The standard InChI is InChI=1S/C14H11ClF2N4O3S2/c1-24-12-7(4-11(16)17)5-18-14(20-12)21-26(22,23)9-6-25-13-8(9)2-3-10(15)19-13/h2-3,5-6,11H,4H2,1H3,(H,18,20,21). The van der Waals surface area contributed by atoms with Crippen molar-refractivity contribution >= 4 is 49.1 Å². The number of nitrogens with one attached hydrogen (secondary N) is 1. The molecule has 3 aromatic rings. The van der Waals surface area contributed by atoms with Crippen molar-refractivity contribution in [2.75, 3.05) is 11.8 Å². The lowest BCUT2D eigenvalue weighted by atomic mass is 10.2. The van der Waals surface area contributed by atoms with Crippen LogP contribution in [0.25, 0.3) is 10.2 Å². The Bertz CT molecular complexity index is 1060. The van der Waals surface area contributed by atoms with E-state index in [2.05, 4.69) is 19.7 Å². The minimum Gasteiger partial charge on any atom is -0.481 e. The number of aromatic nitrogens is 3. The number of sulfonamides is 1. The second-order valence-corrected chi connectivity index (χ2v) is 7.91. The highest BCUT2D eigenvalue weighted by molar-refractivity contribution is 7.93. The number of hydrogen-bond donors (Lipinski definition) is 1. The van der Waals surface area contributed by atoms with E-state index in [1.54, 1.807) is 6.07 Å². The van der Waals surface area contributed by atoms with Crippen LogP contribution in [0, 0.1) is 0 Å². The number of pyridine rings is 1. The van der Waals surface area contributed by atoms with Gasteiger partial charge in [0.05, 0.1) is 7.11 Å². The average molecular weight is 421 g/mol. The minimum absolute atomic E-state index is 0.0131. The molecule has 0 aliphatic rings. The third-order valence-electron chi connectivity index (χ3n) is 3.28. The fourth-order valence-corrected chi connectivity index (χ4v) is 4.79. The zero-order valence-corrected chi connectivity index (χ0v) is 15.5. The summed E-state index contributed by atoms with van der Waals surface area (Å²) in [7, 11) is -2.77. The molecule has 0 saturated carbocycles. The molecule has 26 heavy (non-hydrogen) atoms. The number of alkyl halides is 2. The van der Waals surface area contributed by atoms with Crippen LogP contribution in [0.15, 0.2) is 28.6 Å². The van der Waals surface area contributed by atoms with Crippen LogP contribution < -0.4 is 9.46 Å². The van der Waals surface area contributed by atoms with E-state index in [9.17, 15) is 17.2 Å². The molecule has 0 fully saturated rings. The summed E-state index contributed by atoms with van der Waals surface area (Å²) < 4.78 is 57.4. The van der Waals surface area contributed by atoms with E-state index < -0.39 is 22.9 Å². The molecule has 0 amide bonds. The molecule has 138 valence electrons. The molecule has 0 saturated heterocycles. The van der Waals surface area contributed by atoms with Gasteiger partial charge in [0.2, 0.25) is 18.3 Å². The Morgan fingerprint density at radius 3 is 2.81 bits per heavy atom. The third kappa shape index (κ3) is 3.84. The molecule has 3 heterocycles. The van der Waals surface area contributed by atoms with Crippen molar-refractivity contribution in [1.29, 1.82) is 0 Å². The Balaban J connectivity index is 1.94. The smallest absolute Gasteiger partial charge is 0.265 e. The van der Waals surface area contributed by atoms with Crippen LogP contribution >= 0.6 is 22.9 Å². The molecule has 0 aromatic carbocycles. The third-order valence-corrected chi connectivity index (χ3v) is 5.89. The fourth-order valence-electron chi connectivity index (χ4n) is 2.17. The van der Waals surface area contributed by atoms with Crippen LogP contribution in [0.4, 0.5) is 14.7 Å². The topological polar surface area (TPSA) is 94.1 Å². The van der Waals surface area contributed by atoms with E-state index in [0.717, 1.165) is 17.5 Å². The normalized spacial score (nSPS) is 11.9. The largest absolute Gasteiger partial charge is 0.481 e. The molecule has 3 rings (SSSR count). The number of ether oxygens (including phenoxy) is 1. The molecule has 0 atom stereocenters. The molecule has 0 aliphatic carbocycles. The molecule has 0 bridgehead atoms. The summed E-state index contributed by atoms with van der Waals surface area (Å²) in [5, 5.41) is 2.06. The zero-order chi connectivity index (χ0) is 18.9. The van der Waals surface area contributed by atoms with E-state index in [1.165, 1.54) is 18.6 Å². The maximum atomic E-state index is 12.6. The maximum Gasteiger partial charge on any atom is 0.265 e. The van der Waals surface area contributed by atoms with Gasteiger partial charge in [0.1, 0.15) is 14.9 Å². The lowest BCUT2D eigenvalue weighted by Crippen LogP contribution is -2.15. The highest BCUT2D eigenvalue weighted by atomic mass is 35.5. The highest BCUT2D eigenvalue weighted by Crippen LogP contribution is 2.30. The number of nitrogens with zero attached hydrogens (tertiary/aromatic N) is 3. The Labute approximate surface area is 156 Å². The summed E-state index contributed by atoms with van der Waals surface area (Å²) in [6.07, 6.45) is -2.10. The number of fused-ring (bicyclic) bond motifs is 1. The van der Waals surface area contributed by atoms with Crippen LogP contribution in [0.5, 0.6) is 5.88 Å². The van der Waals surface area contributed by atoms with Crippen molar-refractivity contribution in [3.8, 4) is 5.88 Å². The van der Waals surface area contributed by atoms with E-state index in [4.69, 9.17) is 16.3 Å². The highest BCUT2D eigenvalue weighted by Gasteiger charge is 2.22. The summed E-state index contributed by atoms with van der Waals surface area (Å²) in [6.45, 7) is 0. The van der Waals surface area contributed by atoms with Gasteiger partial charge in [-0.05, 0) is 12.1 Å². The van der Waals surface area contributed by atoms with Crippen LogP contribution in [0.2, 0.25) is 5.15 Å². The van der Waals surface area contributed by atoms with E-state index >= 15 is 0 Å². The summed E-state index contributed by atoms with van der Waals surface area (Å²) in [5.74, 6) is -0.414. The number of rotatable bonds is 6. The van der Waals surface area contributed by atoms with E-state index in [0.29, 0.717) is 10.2 Å². The molecular weight excluding hydrogens is 410 g/mol. The number of thiophene rings is 1. The van der Waals surface area contributed by atoms with E-state index in [-0.39, 0.29) is 27.4 Å². The van der Waals surface area contributed by atoms with Gasteiger partial charge in [0, 0.05) is 28.9 Å². The molecule has 1 N–H and O–H groups in total. The van der Waals surface area contributed by atoms with E-state index in [1.807, 2.05) is 0 Å². The number of halogens is 3. The first kappa shape index (κ1) is 18.7. The Hall–Kier alpha value is -2.11. The second kappa shape index (κ2) is 7.25. The van der Waals surface area contributed by atoms with Gasteiger partial charge in [-0.2, -0.15) is 4.98 Å². The van der Waals surface area contributed by atoms with Crippen molar-refractivity contribution < 1.29 is 21.9 Å². The predicted molar refractivity (Wildman–Crippen MR) is 93.7 cm³/mol. The van der Waals surface area contributed by atoms with Crippen molar-refractivity contribution in [2.24, 2.45) is 0 Å². The van der Waals surface area contributed by atoms with Crippen LogP contribution in [-0.2, 0) is 16.4 Å². The van der Waals surface area contributed by atoms with Crippen LogP contribution in [0.3, 0.4) is 0 Å². The number of methoxy groups -OCH3 is 1. The van der Waals surface area contributed by atoms with Gasteiger partial charge in [-0.3, -0.25) is 0 Å². The Morgan fingerprint density at radius 1 is 1.35 bits per heavy atom. The molecule has 0 radical (unpaired) electrons. The Morgan fingerprint density at radius 2 is 2.12 bits per heavy atom. The monoisotopic (exact) mass is 420 g/mol. The summed E-state index contributed by atoms with van der Waals surface area (Å²) in [4.78, 5) is 12.1. The van der Waals surface area contributed by atoms with Crippen LogP contribution in [0.1, 0.15) is 5.56 Å². The molecule has 3 aromatic heterocycles. The predicted octanol–water partition coefficient (Wildman–Crippen LogP) is 3.36. The van der Waals surface area contributed by atoms with Gasteiger partial charge in [-0.1, -0.05) is 11.6 Å². The van der Waals surface area contributed by atoms with Crippen molar-refractivity contribution in [3.63, 3.8) is 0 Å². The summed E-state index contributed by atoms with van der Waals surface area (Å²) >= 11 is 6.92.